The van der Waals surface area contributed by atoms with Crippen LogP contribution in [0, 0.1) is 5.82 Å². The highest BCUT2D eigenvalue weighted by Gasteiger charge is 2.12. The molecule has 3 N–H and O–H groups in total. The number of hydrogen-bond acceptors (Lipinski definition) is 6. The number of nitrogen functional groups attached to an aromatic ring is 1. The molecule has 0 unspecified atom stereocenters. The molecule has 3 rings (SSSR count). The van der Waals surface area contributed by atoms with Crippen LogP contribution in [0.3, 0.4) is 0 Å². The van der Waals surface area contributed by atoms with Crippen LogP contribution in [-0.2, 0) is 0 Å². The number of hydrogen-bond donors (Lipinski definition) is 2. The zero-order valence-corrected chi connectivity index (χ0v) is 10.1. The number of nitrogens with zero attached hydrogens (tertiary/aromatic N) is 3. The van der Waals surface area contributed by atoms with Gasteiger partial charge in [0.1, 0.15) is 17.3 Å². The standard InChI is InChI=1S/C13H9FN4O2/c14-8-2-4-10(16-6-8)12-17-13(20-18-12)7-1-3-9(15)11(19)5-7/h1-6,19H,15H2. The van der Waals surface area contributed by atoms with Crippen molar-refractivity contribution in [3.8, 4) is 28.7 Å². The van der Waals surface area contributed by atoms with Crippen LogP contribution in [-0.4, -0.2) is 20.2 Å². The molecular weight excluding hydrogens is 263 g/mol. The van der Waals surface area contributed by atoms with E-state index in [1.165, 1.54) is 24.3 Å². The van der Waals surface area contributed by atoms with Gasteiger partial charge in [0, 0.05) is 5.56 Å². The molecule has 0 saturated carbocycles. The molecule has 0 aliphatic rings. The van der Waals surface area contributed by atoms with Gasteiger partial charge in [-0.05, 0) is 30.3 Å². The number of benzene rings is 1. The van der Waals surface area contributed by atoms with Gasteiger partial charge in [-0.2, -0.15) is 4.98 Å². The molecule has 2 aromatic heterocycles. The number of pyridine rings is 1. The molecule has 7 heteroatoms. The molecule has 1 aromatic carbocycles. The maximum Gasteiger partial charge on any atom is 0.258 e. The van der Waals surface area contributed by atoms with E-state index >= 15 is 0 Å². The molecule has 0 aliphatic carbocycles. The Hall–Kier alpha value is -2.96. The molecule has 0 saturated heterocycles. The summed E-state index contributed by atoms with van der Waals surface area (Å²) in [6, 6.07) is 7.30. The van der Waals surface area contributed by atoms with Crippen LogP contribution in [0.4, 0.5) is 10.1 Å². The van der Waals surface area contributed by atoms with Crippen LogP contribution in [0.5, 0.6) is 5.75 Å². The zero-order chi connectivity index (χ0) is 14.1. The largest absolute Gasteiger partial charge is 0.506 e. The average Bonchev–Trinajstić information content (AvgIpc) is 2.92. The molecular formula is C13H9FN4O2. The van der Waals surface area contributed by atoms with Gasteiger partial charge in [-0.15, -0.1) is 0 Å². The number of phenols is 1. The van der Waals surface area contributed by atoms with Gasteiger partial charge in [-0.3, -0.25) is 0 Å². The fourth-order valence-electron chi connectivity index (χ4n) is 1.63. The normalized spacial score (nSPS) is 10.7. The highest BCUT2D eigenvalue weighted by Crippen LogP contribution is 2.27. The Morgan fingerprint density at radius 3 is 2.75 bits per heavy atom. The summed E-state index contributed by atoms with van der Waals surface area (Å²) in [5, 5.41) is 13.3. The van der Waals surface area contributed by atoms with Crippen molar-refractivity contribution in [1.82, 2.24) is 15.1 Å². The van der Waals surface area contributed by atoms with Crippen molar-refractivity contribution in [2.45, 2.75) is 0 Å². The maximum absolute atomic E-state index is 12.8. The third kappa shape index (κ3) is 2.16. The fraction of sp³-hybridized carbons (Fsp3) is 0. The zero-order valence-electron chi connectivity index (χ0n) is 10.1. The number of halogens is 1. The van der Waals surface area contributed by atoms with Crippen LogP contribution in [0.1, 0.15) is 0 Å². The molecule has 6 nitrogen and oxygen atoms in total. The van der Waals surface area contributed by atoms with Crippen molar-refractivity contribution in [2.24, 2.45) is 0 Å². The summed E-state index contributed by atoms with van der Waals surface area (Å²) >= 11 is 0. The molecule has 0 fully saturated rings. The first kappa shape index (κ1) is 12.1. The minimum Gasteiger partial charge on any atom is -0.506 e. The van der Waals surface area contributed by atoms with Gasteiger partial charge in [-0.1, -0.05) is 5.16 Å². The lowest BCUT2D eigenvalue weighted by molar-refractivity contribution is 0.431. The molecule has 0 radical (unpaired) electrons. The Morgan fingerprint density at radius 2 is 2.05 bits per heavy atom. The maximum atomic E-state index is 12.8. The van der Waals surface area contributed by atoms with Gasteiger partial charge in [-0.25, -0.2) is 9.37 Å². The summed E-state index contributed by atoms with van der Waals surface area (Å²) in [6.07, 6.45) is 1.07. The predicted octanol–water partition coefficient (Wildman–Crippen LogP) is 2.23. The smallest absolute Gasteiger partial charge is 0.258 e. The Morgan fingerprint density at radius 1 is 1.20 bits per heavy atom. The summed E-state index contributed by atoms with van der Waals surface area (Å²) < 4.78 is 17.9. The van der Waals surface area contributed by atoms with Gasteiger partial charge in [0.25, 0.3) is 5.89 Å². The quantitative estimate of drug-likeness (QED) is 0.548. The van der Waals surface area contributed by atoms with Crippen molar-refractivity contribution in [3.05, 3.63) is 42.3 Å². The van der Waals surface area contributed by atoms with Crippen molar-refractivity contribution >= 4 is 5.69 Å². The highest BCUT2D eigenvalue weighted by molar-refractivity contribution is 5.65. The van der Waals surface area contributed by atoms with Crippen molar-refractivity contribution in [3.63, 3.8) is 0 Å². The third-order valence-corrected chi connectivity index (χ3v) is 2.66. The first-order chi connectivity index (χ1) is 9.63. The second-order valence-electron chi connectivity index (χ2n) is 4.06. The van der Waals surface area contributed by atoms with E-state index in [-0.39, 0.29) is 23.2 Å². The van der Waals surface area contributed by atoms with Gasteiger partial charge in [0.05, 0.1) is 11.9 Å². The van der Waals surface area contributed by atoms with E-state index in [1.54, 1.807) is 6.07 Å². The fourth-order valence-corrected chi connectivity index (χ4v) is 1.63. The first-order valence-electron chi connectivity index (χ1n) is 5.68. The van der Waals surface area contributed by atoms with Crippen LogP contribution in [0.15, 0.2) is 41.1 Å². The molecule has 3 aromatic rings. The van der Waals surface area contributed by atoms with E-state index in [4.69, 9.17) is 10.3 Å². The third-order valence-electron chi connectivity index (χ3n) is 2.66. The molecule has 20 heavy (non-hydrogen) atoms. The van der Waals surface area contributed by atoms with Crippen LogP contribution < -0.4 is 5.73 Å². The number of phenolic OH excluding ortho intramolecular Hbond substituents is 1. The number of aromatic hydroxyl groups is 1. The Kier molecular flexibility index (Phi) is 2.79. The van der Waals surface area contributed by atoms with Crippen LogP contribution in [0.25, 0.3) is 23.0 Å². The van der Waals surface area contributed by atoms with E-state index in [9.17, 15) is 9.50 Å². The number of rotatable bonds is 2. The van der Waals surface area contributed by atoms with Crippen molar-refractivity contribution < 1.29 is 14.0 Å². The van der Waals surface area contributed by atoms with Gasteiger partial charge in [0.15, 0.2) is 0 Å². The summed E-state index contributed by atoms with van der Waals surface area (Å²) in [4.78, 5) is 7.99. The summed E-state index contributed by atoms with van der Waals surface area (Å²) in [7, 11) is 0. The Bertz CT molecular complexity index is 755. The lowest BCUT2D eigenvalue weighted by Crippen LogP contribution is -1.87. The van der Waals surface area contributed by atoms with Gasteiger partial charge in [0.2, 0.25) is 5.82 Å². The van der Waals surface area contributed by atoms with Crippen molar-refractivity contribution in [2.75, 3.05) is 5.73 Å². The van der Waals surface area contributed by atoms with Gasteiger partial charge >= 0.3 is 0 Å². The summed E-state index contributed by atoms with van der Waals surface area (Å²) in [5.74, 6) is -0.0687. The van der Waals surface area contributed by atoms with Crippen molar-refractivity contribution in [1.29, 1.82) is 0 Å². The molecule has 0 aliphatic heterocycles. The molecule has 0 bridgehead atoms. The average molecular weight is 272 g/mol. The topological polar surface area (TPSA) is 98.1 Å². The SMILES string of the molecule is Nc1ccc(-c2nc(-c3ccc(F)cn3)no2)cc1O. The molecule has 100 valence electrons. The minimum atomic E-state index is -0.444. The number of nitrogens with two attached hydrogens (primary N) is 1. The summed E-state index contributed by atoms with van der Waals surface area (Å²) in [5.41, 5.74) is 6.69. The Balaban J connectivity index is 1.97. The van der Waals surface area contributed by atoms with E-state index < -0.39 is 5.82 Å². The molecule has 0 atom stereocenters. The minimum absolute atomic E-state index is 0.0674. The van der Waals surface area contributed by atoms with E-state index in [0.29, 0.717) is 11.3 Å². The van der Waals surface area contributed by atoms with E-state index in [0.717, 1.165) is 6.20 Å². The highest BCUT2D eigenvalue weighted by atomic mass is 19.1. The summed E-state index contributed by atoms with van der Waals surface area (Å²) in [6.45, 7) is 0. The second kappa shape index (κ2) is 4.61. The Labute approximate surface area is 112 Å². The van der Waals surface area contributed by atoms with E-state index in [2.05, 4.69) is 15.1 Å². The van der Waals surface area contributed by atoms with Gasteiger partial charge < -0.3 is 15.4 Å². The second-order valence-corrected chi connectivity index (χ2v) is 4.06. The van der Waals surface area contributed by atoms with E-state index in [1.807, 2.05) is 0 Å². The molecule has 2 heterocycles. The first-order valence-corrected chi connectivity index (χ1v) is 5.68. The molecule has 0 amide bonds. The van der Waals surface area contributed by atoms with Crippen LogP contribution >= 0.6 is 0 Å². The lowest BCUT2D eigenvalue weighted by atomic mass is 10.2. The lowest BCUT2D eigenvalue weighted by Gasteiger charge is -1.99. The van der Waals surface area contributed by atoms with Crippen LogP contribution in [0.2, 0.25) is 0 Å². The monoisotopic (exact) mass is 272 g/mol. The predicted molar refractivity (Wildman–Crippen MR) is 69.0 cm³/mol. The number of aromatic nitrogens is 3. The molecule has 0 spiro atoms. The number of anilines is 1.